The normalized spacial score (nSPS) is 13.0. The minimum absolute atomic E-state index is 0.0643. The summed E-state index contributed by atoms with van der Waals surface area (Å²) >= 11 is 0. The lowest BCUT2D eigenvalue weighted by Gasteiger charge is -2.18. The maximum Gasteiger partial charge on any atom is 0.306 e. The second kappa shape index (κ2) is 47.4. The number of carbonyl (C=O) groups is 3. The average molecular weight is 877 g/mol. The molecule has 0 aromatic rings. The first-order valence-electron chi connectivity index (χ1n) is 27.7. The largest absolute Gasteiger partial charge is 0.462 e. The van der Waals surface area contributed by atoms with Crippen LogP contribution in [0.25, 0.3) is 0 Å². The lowest BCUT2D eigenvalue weighted by molar-refractivity contribution is -0.167. The molecule has 62 heavy (non-hydrogen) atoms. The lowest BCUT2D eigenvalue weighted by Crippen LogP contribution is -2.30. The molecule has 0 aliphatic carbocycles. The van der Waals surface area contributed by atoms with Crippen LogP contribution in [0.2, 0.25) is 0 Å². The fraction of sp³-hybridized carbons (Fsp3) is 0.946. The van der Waals surface area contributed by atoms with E-state index in [1.54, 1.807) is 0 Å². The topological polar surface area (TPSA) is 78.9 Å². The van der Waals surface area contributed by atoms with Gasteiger partial charge in [0.25, 0.3) is 0 Å². The van der Waals surface area contributed by atoms with Gasteiger partial charge in [-0.2, -0.15) is 0 Å². The lowest BCUT2D eigenvalue weighted by atomic mass is 9.99. The van der Waals surface area contributed by atoms with Crippen molar-refractivity contribution in [3.8, 4) is 0 Å². The Bertz CT molecular complexity index is 964. The number of carbonyl (C=O) groups excluding carboxylic acids is 3. The van der Waals surface area contributed by atoms with E-state index in [9.17, 15) is 14.4 Å². The fourth-order valence-corrected chi connectivity index (χ4v) is 8.40. The van der Waals surface area contributed by atoms with Crippen LogP contribution in [0, 0.1) is 17.8 Å². The number of hydrogen-bond donors (Lipinski definition) is 0. The Labute approximate surface area is 387 Å². The van der Waals surface area contributed by atoms with Crippen LogP contribution in [0.3, 0.4) is 0 Å². The van der Waals surface area contributed by atoms with Crippen molar-refractivity contribution < 1.29 is 28.6 Å². The van der Waals surface area contributed by atoms with E-state index < -0.39 is 6.10 Å². The molecule has 0 bridgehead atoms. The first kappa shape index (κ1) is 60.4. The molecule has 6 nitrogen and oxygen atoms in total. The van der Waals surface area contributed by atoms with E-state index >= 15 is 0 Å². The van der Waals surface area contributed by atoms with Crippen LogP contribution < -0.4 is 0 Å². The summed E-state index contributed by atoms with van der Waals surface area (Å²) in [6, 6.07) is 0. The molecule has 368 valence electrons. The van der Waals surface area contributed by atoms with Gasteiger partial charge in [-0.3, -0.25) is 14.4 Å². The molecule has 6 heteroatoms. The molecule has 0 aromatic heterocycles. The van der Waals surface area contributed by atoms with Gasteiger partial charge in [-0.25, -0.2) is 0 Å². The molecule has 0 radical (unpaired) electrons. The quantitative estimate of drug-likeness (QED) is 0.0344. The second-order valence-corrected chi connectivity index (χ2v) is 20.2. The van der Waals surface area contributed by atoms with Gasteiger partial charge in [-0.15, -0.1) is 0 Å². The fourth-order valence-electron chi connectivity index (χ4n) is 8.40. The number of rotatable bonds is 49. The Kier molecular flexibility index (Phi) is 46.2. The minimum atomic E-state index is -0.763. The third kappa shape index (κ3) is 46.4. The Morgan fingerprint density at radius 3 is 0.839 bits per heavy atom. The highest BCUT2D eigenvalue weighted by molar-refractivity contribution is 5.71. The van der Waals surface area contributed by atoms with E-state index in [0.29, 0.717) is 19.3 Å². The van der Waals surface area contributed by atoms with Crippen LogP contribution in [0.15, 0.2) is 0 Å². The Morgan fingerprint density at radius 2 is 0.565 bits per heavy atom. The van der Waals surface area contributed by atoms with Gasteiger partial charge in [-0.1, -0.05) is 266 Å². The van der Waals surface area contributed by atoms with Gasteiger partial charge in [0, 0.05) is 19.3 Å². The predicted octanol–water partition coefficient (Wildman–Crippen LogP) is 17.9. The zero-order chi connectivity index (χ0) is 45.6. The molecule has 2 unspecified atom stereocenters. The van der Waals surface area contributed by atoms with Gasteiger partial charge < -0.3 is 14.2 Å². The highest BCUT2D eigenvalue weighted by Gasteiger charge is 2.19. The summed E-state index contributed by atoms with van der Waals surface area (Å²) in [6.45, 7) is 13.8. The van der Waals surface area contributed by atoms with Crippen LogP contribution >= 0.6 is 0 Å². The van der Waals surface area contributed by atoms with Crippen LogP contribution in [-0.4, -0.2) is 37.2 Å². The predicted molar refractivity (Wildman–Crippen MR) is 266 cm³/mol. The molecule has 3 atom stereocenters. The molecule has 0 aliphatic heterocycles. The van der Waals surface area contributed by atoms with Gasteiger partial charge in [0.05, 0.1) is 0 Å². The van der Waals surface area contributed by atoms with Crippen LogP contribution in [0.5, 0.6) is 0 Å². The van der Waals surface area contributed by atoms with Crippen molar-refractivity contribution in [1.82, 2.24) is 0 Å². The van der Waals surface area contributed by atoms with Crippen molar-refractivity contribution in [1.29, 1.82) is 0 Å². The number of hydrogen-bond acceptors (Lipinski definition) is 6. The molecule has 0 aliphatic rings. The Morgan fingerprint density at radius 1 is 0.323 bits per heavy atom. The van der Waals surface area contributed by atoms with Crippen LogP contribution in [-0.2, 0) is 28.6 Å². The smallest absolute Gasteiger partial charge is 0.306 e. The third-order valence-corrected chi connectivity index (χ3v) is 13.4. The molecule has 0 saturated carbocycles. The van der Waals surface area contributed by atoms with Crippen molar-refractivity contribution in [3.05, 3.63) is 0 Å². The highest BCUT2D eigenvalue weighted by Crippen LogP contribution is 2.19. The first-order chi connectivity index (χ1) is 30.2. The monoisotopic (exact) mass is 877 g/mol. The van der Waals surface area contributed by atoms with Crippen molar-refractivity contribution in [2.75, 3.05) is 13.2 Å². The van der Waals surface area contributed by atoms with Gasteiger partial charge in [0.1, 0.15) is 13.2 Å². The number of ether oxygens (including phenoxy) is 3. The molecule has 0 N–H and O–H groups in total. The summed E-state index contributed by atoms with van der Waals surface area (Å²) in [5, 5.41) is 0. The third-order valence-electron chi connectivity index (χ3n) is 13.4. The van der Waals surface area contributed by atoms with Gasteiger partial charge in [0.15, 0.2) is 6.10 Å². The standard InChI is InChI=1S/C56H108O6/c1-7-51(5)43-37-31-25-19-13-11-9-10-12-14-21-27-33-39-45-54(57)60-48-53(49-61-55(58)46-40-34-28-23-17-18-24-30-36-42-50(3)4)62-56(59)47-41-35-29-22-16-15-20-26-32-38-44-52(6)8-2/h50-53H,7-49H2,1-6H3/t51?,52?,53-/m0/s1. The van der Waals surface area contributed by atoms with Gasteiger partial charge >= 0.3 is 17.9 Å². The van der Waals surface area contributed by atoms with Gasteiger partial charge in [-0.05, 0) is 37.0 Å². The molecular weight excluding hydrogens is 769 g/mol. The molecule has 0 amide bonds. The number of unbranched alkanes of at least 4 members (excludes halogenated alkanes) is 30. The summed E-state index contributed by atoms with van der Waals surface area (Å²) < 4.78 is 16.9. The Balaban J connectivity index is 4.30. The molecule has 0 rings (SSSR count). The molecule has 0 aromatic carbocycles. The maximum absolute atomic E-state index is 12.8. The molecule has 0 spiro atoms. The minimum Gasteiger partial charge on any atom is -0.462 e. The second-order valence-electron chi connectivity index (χ2n) is 20.2. The van der Waals surface area contributed by atoms with E-state index in [-0.39, 0.29) is 31.1 Å². The summed E-state index contributed by atoms with van der Waals surface area (Å²) in [7, 11) is 0. The van der Waals surface area contributed by atoms with Crippen molar-refractivity contribution in [2.45, 2.75) is 311 Å². The SMILES string of the molecule is CCC(C)CCCCCCCCCCCCCCCCC(=O)OC[C@@H](COC(=O)CCCCCCCCCCCC(C)C)OC(=O)CCCCCCCCCCCCC(C)CC. The molecule has 0 saturated heterocycles. The van der Waals surface area contributed by atoms with Crippen LogP contribution in [0.4, 0.5) is 0 Å². The van der Waals surface area contributed by atoms with Crippen molar-refractivity contribution >= 4 is 17.9 Å². The summed E-state index contributed by atoms with van der Waals surface area (Å²) in [6.07, 6.45) is 47.9. The van der Waals surface area contributed by atoms with Crippen molar-refractivity contribution in [2.24, 2.45) is 17.8 Å². The maximum atomic E-state index is 12.8. The summed E-state index contributed by atoms with van der Waals surface area (Å²) in [5.74, 6) is 1.72. The molecular formula is C56H108O6. The van der Waals surface area contributed by atoms with Gasteiger partial charge in [0.2, 0.25) is 0 Å². The Hall–Kier alpha value is -1.59. The van der Waals surface area contributed by atoms with E-state index in [1.807, 2.05) is 0 Å². The van der Waals surface area contributed by atoms with E-state index in [2.05, 4.69) is 41.5 Å². The molecule has 0 heterocycles. The van der Waals surface area contributed by atoms with E-state index in [0.717, 1.165) is 75.5 Å². The first-order valence-corrected chi connectivity index (χ1v) is 27.7. The summed E-state index contributed by atoms with van der Waals surface area (Å²) in [5.41, 5.74) is 0. The number of esters is 3. The van der Waals surface area contributed by atoms with Crippen molar-refractivity contribution in [3.63, 3.8) is 0 Å². The zero-order valence-corrected chi connectivity index (χ0v) is 42.7. The van der Waals surface area contributed by atoms with E-state index in [4.69, 9.17) is 14.2 Å². The zero-order valence-electron chi connectivity index (χ0n) is 42.7. The summed E-state index contributed by atoms with van der Waals surface area (Å²) in [4.78, 5) is 38.0. The highest BCUT2D eigenvalue weighted by atomic mass is 16.6. The van der Waals surface area contributed by atoms with Crippen LogP contribution in [0.1, 0.15) is 305 Å². The molecule has 0 fully saturated rings. The van der Waals surface area contributed by atoms with E-state index in [1.165, 1.54) is 186 Å². The average Bonchev–Trinajstić information content (AvgIpc) is 3.26.